The van der Waals surface area contributed by atoms with Crippen molar-refractivity contribution in [3.63, 3.8) is 0 Å². The first-order valence-corrected chi connectivity index (χ1v) is 8.78. The van der Waals surface area contributed by atoms with E-state index in [0.717, 1.165) is 20.9 Å². The van der Waals surface area contributed by atoms with Crippen LogP contribution in [0.4, 0.5) is 5.00 Å². The number of carbonyl (C=O) groups is 2. The van der Waals surface area contributed by atoms with Gasteiger partial charge in [0.2, 0.25) is 5.91 Å². The van der Waals surface area contributed by atoms with Crippen LogP contribution in [0.1, 0.15) is 22.8 Å². The summed E-state index contributed by atoms with van der Waals surface area (Å²) in [6.45, 7) is 1.45. The SMILES string of the molecule is CC(=O)Nc1sc2ccccc2c1C(=O)c1cccc2ccccc12. The van der Waals surface area contributed by atoms with Crippen molar-refractivity contribution in [1.82, 2.24) is 0 Å². The predicted octanol–water partition coefficient (Wildman–Crippen LogP) is 5.24. The fourth-order valence-electron chi connectivity index (χ4n) is 3.08. The van der Waals surface area contributed by atoms with Crippen molar-refractivity contribution < 1.29 is 9.59 Å². The van der Waals surface area contributed by atoms with Gasteiger partial charge < -0.3 is 5.32 Å². The highest BCUT2D eigenvalue weighted by molar-refractivity contribution is 7.23. The average Bonchev–Trinajstić information content (AvgIpc) is 2.97. The van der Waals surface area contributed by atoms with Gasteiger partial charge in [-0.05, 0) is 16.8 Å². The van der Waals surface area contributed by atoms with Crippen LogP contribution >= 0.6 is 11.3 Å². The molecule has 4 rings (SSSR count). The first-order valence-electron chi connectivity index (χ1n) is 7.97. The largest absolute Gasteiger partial charge is 0.317 e. The van der Waals surface area contributed by atoms with E-state index in [4.69, 9.17) is 0 Å². The van der Waals surface area contributed by atoms with E-state index < -0.39 is 0 Å². The quantitative estimate of drug-likeness (QED) is 0.516. The summed E-state index contributed by atoms with van der Waals surface area (Å²) in [5.74, 6) is -0.253. The summed E-state index contributed by atoms with van der Waals surface area (Å²) in [5.41, 5.74) is 1.21. The predicted molar refractivity (Wildman–Crippen MR) is 104 cm³/mol. The van der Waals surface area contributed by atoms with Gasteiger partial charge in [-0.2, -0.15) is 0 Å². The van der Waals surface area contributed by atoms with Crippen molar-refractivity contribution in [2.75, 3.05) is 5.32 Å². The Morgan fingerprint density at radius 2 is 1.52 bits per heavy atom. The molecule has 0 aliphatic carbocycles. The number of anilines is 1. The molecule has 0 aliphatic rings. The smallest absolute Gasteiger partial charge is 0.221 e. The molecule has 3 aromatic carbocycles. The fraction of sp³-hybridized carbons (Fsp3) is 0.0476. The van der Waals surface area contributed by atoms with Crippen molar-refractivity contribution in [3.8, 4) is 0 Å². The summed E-state index contributed by atoms with van der Waals surface area (Å²) < 4.78 is 0.981. The monoisotopic (exact) mass is 345 g/mol. The maximum Gasteiger partial charge on any atom is 0.221 e. The van der Waals surface area contributed by atoms with Crippen molar-refractivity contribution >= 4 is 48.9 Å². The summed E-state index contributed by atoms with van der Waals surface area (Å²) in [6.07, 6.45) is 0. The van der Waals surface area contributed by atoms with Gasteiger partial charge in [-0.3, -0.25) is 9.59 Å². The maximum absolute atomic E-state index is 13.4. The number of amides is 1. The lowest BCUT2D eigenvalue weighted by molar-refractivity contribution is -0.114. The molecule has 0 aliphatic heterocycles. The van der Waals surface area contributed by atoms with E-state index in [-0.39, 0.29) is 11.7 Å². The lowest BCUT2D eigenvalue weighted by Crippen LogP contribution is -2.10. The molecular weight excluding hydrogens is 330 g/mol. The second-order valence-electron chi connectivity index (χ2n) is 5.84. The van der Waals surface area contributed by atoms with Gasteiger partial charge in [0.05, 0.1) is 5.56 Å². The third kappa shape index (κ3) is 2.71. The molecule has 1 amide bonds. The minimum absolute atomic E-state index is 0.0713. The molecule has 4 aromatic rings. The van der Waals surface area contributed by atoms with Gasteiger partial charge in [0.25, 0.3) is 0 Å². The second-order valence-corrected chi connectivity index (χ2v) is 6.89. The van der Waals surface area contributed by atoms with Gasteiger partial charge in [0.15, 0.2) is 5.78 Å². The summed E-state index contributed by atoms with van der Waals surface area (Å²) in [7, 11) is 0. The molecular formula is C21H15NO2S. The maximum atomic E-state index is 13.4. The molecule has 122 valence electrons. The van der Waals surface area contributed by atoms with Gasteiger partial charge in [0, 0.05) is 22.6 Å². The molecule has 0 atom stereocenters. The Morgan fingerprint density at radius 1 is 0.840 bits per heavy atom. The van der Waals surface area contributed by atoms with E-state index >= 15 is 0 Å². The van der Waals surface area contributed by atoms with Crippen LogP contribution in [0.15, 0.2) is 66.7 Å². The standard InChI is InChI=1S/C21H15NO2S/c1-13(23)22-21-19(17-10-4-5-12-18(17)25-21)20(24)16-11-6-8-14-7-2-3-9-15(14)16/h2-12H,1H3,(H,22,23). The minimum atomic E-state index is -0.182. The molecule has 0 radical (unpaired) electrons. The van der Waals surface area contributed by atoms with Crippen LogP contribution in [0.3, 0.4) is 0 Å². The lowest BCUT2D eigenvalue weighted by atomic mass is 9.96. The van der Waals surface area contributed by atoms with E-state index in [1.165, 1.54) is 18.3 Å². The van der Waals surface area contributed by atoms with Crippen molar-refractivity contribution in [2.45, 2.75) is 6.92 Å². The highest BCUT2D eigenvalue weighted by atomic mass is 32.1. The molecule has 3 nitrogen and oxygen atoms in total. The lowest BCUT2D eigenvalue weighted by Gasteiger charge is -2.08. The number of nitrogens with one attached hydrogen (secondary N) is 1. The number of fused-ring (bicyclic) bond motifs is 2. The van der Waals surface area contributed by atoms with Crippen LogP contribution in [0.2, 0.25) is 0 Å². The summed E-state index contributed by atoms with van der Waals surface area (Å²) in [4.78, 5) is 25.0. The number of hydrogen-bond donors (Lipinski definition) is 1. The molecule has 0 bridgehead atoms. The van der Waals surface area contributed by atoms with E-state index in [0.29, 0.717) is 16.1 Å². The summed E-state index contributed by atoms with van der Waals surface area (Å²) in [6, 6.07) is 21.3. The van der Waals surface area contributed by atoms with Crippen LogP contribution in [0.25, 0.3) is 20.9 Å². The van der Waals surface area contributed by atoms with Crippen molar-refractivity contribution in [3.05, 3.63) is 77.9 Å². The second kappa shape index (κ2) is 6.15. The summed E-state index contributed by atoms with van der Waals surface area (Å²) >= 11 is 1.43. The zero-order valence-corrected chi connectivity index (χ0v) is 14.4. The van der Waals surface area contributed by atoms with Gasteiger partial charge in [-0.25, -0.2) is 0 Å². The molecule has 1 N–H and O–H groups in total. The first kappa shape index (κ1) is 15.5. The number of benzene rings is 3. The average molecular weight is 345 g/mol. The van der Waals surface area contributed by atoms with Crippen LogP contribution in [0.5, 0.6) is 0 Å². The molecule has 0 unspecified atom stereocenters. The molecule has 0 saturated heterocycles. The highest BCUT2D eigenvalue weighted by Crippen LogP contribution is 2.38. The number of thiophene rings is 1. The van der Waals surface area contributed by atoms with Crippen LogP contribution in [-0.2, 0) is 4.79 Å². The Balaban J connectivity index is 1.96. The molecule has 4 heteroatoms. The van der Waals surface area contributed by atoms with E-state index in [2.05, 4.69) is 5.32 Å². The van der Waals surface area contributed by atoms with Crippen LogP contribution in [-0.4, -0.2) is 11.7 Å². The minimum Gasteiger partial charge on any atom is -0.317 e. The molecule has 0 spiro atoms. The van der Waals surface area contributed by atoms with E-state index in [9.17, 15) is 9.59 Å². The van der Waals surface area contributed by atoms with Gasteiger partial charge >= 0.3 is 0 Å². The Morgan fingerprint density at radius 3 is 2.32 bits per heavy atom. The van der Waals surface area contributed by atoms with Crippen LogP contribution in [0, 0.1) is 0 Å². The fourth-order valence-corrected chi connectivity index (χ4v) is 4.22. The highest BCUT2D eigenvalue weighted by Gasteiger charge is 2.22. The van der Waals surface area contributed by atoms with E-state index in [1.54, 1.807) is 0 Å². The zero-order chi connectivity index (χ0) is 17.4. The van der Waals surface area contributed by atoms with Gasteiger partial charge in [-0.1, -0.05) is 60.7 Å². The van der Waals surface area contributed by atoms with Gasteiger partial charge in [-0.15, -0.1) is 11.3 Å². The third-order valence-corrected chi connectivity index (χ3v) is 5.23. The Bertz CT molecular complexity index is 1120. The van der Waals surface area contributed by atoms with Crippen molar-refractivity contribution in [1.29, 1.82) is 0 Å². The topological polar surface area (TPSA) is 46.2 Å². The number of carbonyl (C=O) groups excluding carboxylic acids is 2. The molecule has 25 heavy (non-hydrogen) atoms. The van der Waals surface area contributed by atoms with E-state index in [1.807, 2.05) is 66.7 Å². The molecule has 1 heterocycles. The number of hydrogen-bond acceptors (Lipinski definition) is 3. The molecule has 0 fully saturated rings. The third-order valence-electron chi connectivity index (χ3n) is 4.15. The first-order chi connectivity index (χ1) is 12.1. The number of ketones is 1. The zero-order valence-electron chi connectivity index (χ0n) is 13.6. The normalized spacial score (nSPS) is 10.9. The molecule has 0 saturated carbocycles. The van der Waals surface area contributed by atoms with Crippen molar-refractivity contribution in [2.24, 2.45) is 0 Å². The van der Waals surface area contributed by atoms with Crippen LogP contribution < -0.4 is 5.32 Å². The summed E-state index contributed by atoms with van der Waals surface area (Å²) in [5, 5.41) is 6.23. The molecule has 1 aromatic heterocycles. The Labute approximate surface area is 148 Å². The Kier molecular flexibility index (Phi) is 3.82. The number of rotatable bonds is 3. The van der Waals surface area contributed by atoms with Gasteiger partial charge in [0.1, 0.15) is 5.00 Å². The Hall–Kier alpha value is -2.98.